The van der Waals surface area contributed by atoms with Crippen molar-refractivity contribution in [1.82, 2.24) is 5.32 Å². The minimum absolute atomic E-state index is 0.639. The van der Waals surface area contributed by atoms with E-state index >= 15 is 0 Å². The van der Waals surface area contributed by atoms with Crippen LogP contribution in [0.2, 0.25) is 10.0 Å². The molecule has 0 fully saturated rings. The number of hydrogen-bond donors (Lipinski definition) is 1. The molecule has 0 heterocycles. The van der Waals surface area contributed by atoms with Crippen LogP contribution in [0.25, 0.3) is 11.1 Å². The molecule has 0 aromatic heterocycles. The zero-order valence-corrected chi connectivity index (χ0v) is 13.1. The molecule has 2 aromatic carbocycles. The van der Waals surface area contributed by atoms with Crippen molar-refractivity contribution in [3.05, 3.63) is 52.0 Å². The van der Waals surface area contributed by atoms with Gasteiger partial charge in [0.25, 0.3) is 0 Å². The highest BCUT2D eigenvalue weighted by Gasteiger charge is 2.10. The number of halogens is 2. The molecule has 2 aromatic rings. The number of hydrogen-bond acceptors (Lipinski definition) is 2. The molecule has 0 amide bonds. The number of methoxy groups -OCH3 is 1. The monoisotopic (exact) mass is 309 g/mol. The fourth-order valence-electron chi connectivity index (χ4n) is 2.07. The maximum Gasteiger partial charge on any atom is 0.119 e. The van der Waals surface area contributed by atoms with Gasteiger partial charge in [0, 0.05) is 22.2 Å². The lowest BCUT2D eigenvalue weighted by Gasteiger charge is -2.13. The Morgan fingerprint density at radius 2 is 1.80 bits per heavy atom. The molecule has 0 spiro atoms. The second-order valence-electron chi connectivity index (χ2n) is 4.43. The van der Waals surface area contributed by atoms with E-state index in [4.69, 9.17) is 27.9 Å². The van der Waals surface area contributed by atoms with Crippen LogP contribution in [-0.2, 0) is 6.54 Å². The topological polar surface area (TPSA) is 21.3 Å². The Bertz CT molecular complexity index is 599. The Balaban J connectivity index is 2.48. The molecule has 0 bridgehead atoms. The summed E-state index contributed by atoms with van der Waals surface area (Å²) in [5.74, 6) is 0.840. The van der Waals surface area contributed by atoms with Gasteiger partial charge in [-0.3, -0.25) is 0 Å². The average Bonchev–Trinajstić information content (AvgIpc) is 2.45. The van der Waals surface area contributed by atoms with Gasteiger partial charge in [-0.25, -0.2) is 0 Å². The first-order valence-corrected chi connectivity index (χ1v) is 7.24. The van der Waals surface area contributed by atoms with Crippen molar-refractivity contribution in [2.24, 2.45) is 0 Å². The molecule has 0 aliphatic carbocycles. The molecule has 2 nitrogen and oxygen atoms in total. The number of rotatable bonds is 5. The van der Waals surface area contributed by atoms with E-state index in [1.165, 1.54) is 0 Å². The number of nitrogens with one attached hydrogen (secondary N) is 1. The summed E-state index contributed by atoms with van der Waals surface area (Å²) in [4.78, 5) is 0. The Morgan fingerprint density at radius 3 is 2.45 bits per heavy atom. The van der Waals surface area contributed by atoms with Crippen LogP contribution in [0.1, 0.15) is 12.5 Å². The Morgan fingerprint density at radius 1 is 1.05 bits per heavy atom. The smallest absolute Gasteiger partial charge is 0.119 e. The third-order valence-electron chi connectivity index (χ3n) is 3.10. The standard InChI is InChI=1S/C16H17Cl2NO/c1-3-19-10-11-8-13(20-2)5-7-14(11)15-6-4-12(17)9-16(15)18/h4-9,19H,3,10H2,1-2H3. The number of benzene rings is 2. The predicted molar refractivity (Wildman–Crippen MR) is 85.8 cm³/mol. The van der Waals surface area contributed by atoms with Gasteiger partial charge in [-0.05, 0) is 41.9 Å². The van der Waals surface area contributed by atoms with Crippen LogP contribution in [0, 0.1) is 0 Å². The van der Waals surface area contributed by atoms with Gasteiger partial charge in [-0.1, -0.05) is 42.3 Å². The van der Waals surface area contributed by atoms with Gasteiger partial charge < -0.3 is 10.1 Å². The Labute approximate surface area is 129 Å². The molecule has 20 heavy (non-hydrogen) atoms. The highest BCUT2D eigenvalue weighted by molar-refractivity contribution is 6.36. The third-order valence-corrected chi connectivity index (χ3v) is 3.65. The quantitative estimate of drug-likeness (QED) is 0.858. The lowest BCUT2D eigenvalue weighted by molar-refractivity contribution is 0.414. The zero-order valence-electron chi connectivity index (χ0n) is 11.5. The van der Waals surface area contributed by atoms with E-state index in [0.29, 0.717) is 10.0 Å². The van der Waals surface area contributed by atoms with Crippen molar-refractivity contribution < 1.29 is 4.74 Å². The molecule has 1 N–H and O–H groups in total. The van der Waals surface area contributed by atoms with E-state index in [1.807, 2.05) is 30.3 Å². The molecule has 0 saturated carbocycles. The summed E-state index contributed by atoms with van der Waals surface area (Å²) < 4.78 is 5.29. The van der Waals surface area contributed by atoms with Gasteiger partial charge in [0.05, 0.1) is 7.11 Å². The van der Waals surface area contributed by atoms with Crippen molar-refractivity contribution in [2.75, 3.05) is 13.7 Å². The van der Waals surface area contributed by atoms with Crippen molar-refractivity contribution in [2.45, 2.75) is 13.5 Å². The van der Waals surface area contributed by atoms with Crippen molar-refractivity contribution in [3.63, 3.8) is 0 Å². The summed E-state index contributed by atoms with van der Waals surface area (Å²) in [7, 11) is 1.67. The summed E-state index contributed by atoms with van der Waals surface area (Å²) in [5, 5.41) is 4.62. The van der Waals surface area contributed by atoms with Gasteiger partial charge in [0.15, 0.2) is 0 Å². The summed E-state index contributed by atoms with van der Waals surface area (Å²) in [6.45, 7) is 3.75. The second kappa shape index (κ2) is 6.98. The van der Waals surface area contributed by atoms with E-state index in [-0.39, 0.29) is 0 Å². The van der Waals surface area contributed by atoms with Crippen molar-refractivity contribution in [1.29, 1.82) is 0 Å². The fourth-order valence-corrected chi connectivity index (χ4v) is 2.58. The van der Waals surface area contributed by atoms with Crippen LogP contribution in [0.5, 0.6) is 5.75 Å². The van der Waals surface area contributed by atoms with E-state index in [2.05, 4.69) is 12.2 Å². The van der Waals surface area contributed by atoms with Gasteiger partial charge >= 0.3 is 0 Å². The van der Waals surface area contributed by atoms with E-state index in [0.717, 1.165) is 35.5 Å². The normalized spacial score (nSPS) is 10.6. The van der Waals surface area contributed by atoms with Gasteiger partial charge in [-0.2, -0.15) is 0 Å². The van der Waals surface area contributed by atoms with Crippen LogP contribution in [0.15, 0.2) is 36.4 Å². The summed E-state index contributed by atoms with van der Waals surface area (Å²) in [6, 6.07) is 11.6. The van der Waals surface area contributed by atoms with Crippen LogP contribution in [0.3, 0.4) is 0 Å². The lowest BCUT2D eigenvalue weighted by atomic mass is 9.99. The minimum Gasteiger partial charge on any atom is -0.497 e. The SMILES string of the molecule is CCNCc1cc(OC)ccc1-c1ccc(Cl)cc1Cl. The van der Waals surface area contributed by atoms with E-state index < -0.39 is 0 Å². The zero-order chi connectivity index (χ0) is 14.5. The maximum atomic E-state index is 6.31. The largest absolute Gasteiger partial charge is 0.497 e. The highest BCUT2D eigenvalue weighted by atomic mass is 35.5. The molecule has 0 aliphatic rings. The first-order chi connectivity index (χ1) is 9.65. The molecular weight excluding hydrogens is 293 g/mol. The second-order valence-corrected chi connectivity index (χ2v) is 5.27. The van der Waals surface area contributed by atoms with Crippen LogP contribution in [0.4, 0.5) is 0 Å². The molecule has 4 heteroatoms. The van der Waals surface area contributed by atoms with E-state index in [1.54, 1.807) is 13.2 Å². The molecule has 0 unspecified atom stereocenters. The molecule has 2 rings (SSSR count). The van der Waals surface area contributed by atoms with Crippen LogP contribution >= 0.6 is 23.2 Å². The highest BCUT2D eigenvalue weighted by Crippen LogP contribution is 2.34. The minimum atomic E-state index is 0.639. The number of ether oxygens (including phenoxy) is 1. The molecule has 0 saturated heterocycles. The lowest BCUT2D eigenvalue weighted by Crippen LogP contribution is -2.12. The molecule has 0 atom stereocenters. The summed E-state index contributed by atoms with van der Waals surface area (Å²) >= 11 is 12.3. The summed E-state index contributed by atoms with van der Waals surface area (Å²) in [5.41, 5.74) is 3.22. The molecule has 0 radical (unpaired) electrons. The van der Waals surface area contributed by atoms with Crippen LogP contribution < -0.4 is 10.1 Å². The molecule has 106 valence electrons. The average molecular weight is 310 g/mol. The summed E-state index contributed by atoms with van der Waals surface area (Å²) in [6.07, 6.45) is 0. The maximum absolute atomic E-state index is 6.31. The Kier molecular flexibility index (Phi) is 5.30. The van der Waals surface area contributed by atoms with Gasteiger partial charge in [-0.15, -0.1) is 0 Å². The van der Waals surface area contributed by atoms with Crippen molar-refractivity contribution in [3.8, 4) is 16.9 Å². The van der Waals surface area contributed by atoms with E-state index in [9.17, 15) is 0 Å². The molecular formula is C16H17Cl2NO. The fraction of sp³-hybridized carbons (Fsp3) is 0.250. The predicted octanol–water partition coefficient (Wildman–Crippen LogP) is 4.78. The Hall–Kier alpha value is -1.22. The van der Waals surface area contributed by atoms with Crippen LogP contribution in [-0.4, -0.2) is 13.7 Å². The van der Waals surface area contributed by atoms with Gasteiger partial charge in [0.2, 0.25) is 0 Å². The molecule has 0 aliphatic heterocycles. The third kappa shape index (κ3) is 3.45. The van der Waals surface area contributed by atoms with Gasteiger partial charge in [0.1, 0.15) is 5.75 Å². The van der Waals surface area contributed by atoms with Crippen molar-refractivity contribution >= 4 is 23.2 Å². The first-order valence-electron chi connectivity index (χ1n) is 6.48. The first kappa shape index (κ1) is 15.2.